The monoisotopic (exact) mass is 412 g/mol. The van der Waals surface area contributed by atoms with Gasteiger partial charge in [-0.3, -0.25) is 10.1 Å². The van der Waals surface area contributed by atoms with Gasteiger partial charge in [0.1, 0.15) is 14.9 Å². The van der Waals surface area contributed by atoms with Gasteiger partial charge in [-0.2, -0.15) is 13.2 Å². The van der Waals surface area contributed by atoms with Gasteiger partial charge in [-0.1, -0.05) is 37.3 Å². The maximum absolute atomic E-state index is 12.7. The Hall–Kier alpha value is -2.33. The van der Waals surface area contributed by atoms with Crippen LogP contribution in [0.1, 0.15) is 45.7 Å². The summed E-state index contributed by atoms with van der Waals surface area (Å²) >= 11 is 2.42. The highest BCUT2D eigenvalue weighted by molar-refractivity contribution is 7.17. The number of anilines is 1. The molecule has 3 aromatic rings. The zero-order valence-corrected chi connectivity index (χ0v) is 16.2. The molecule has 0 saturated heterocycles. The summed E-state index contributed by atoms with van der Waals surface area (Å²) in [6, 6.07) is 4.70. The number of benzene rings is 1. The smallest absolute Gasteiger partial charge is 0.296 e. The maximum atomic E-state index is 12.7. The van der Waals surface area contributed by atoms with Crippen molar-refractivity contribution < 1.29 is 18.0 Å². The average Bonchev–Trinajstić information content (AvgIpc) is 3.21. The number of carbonyl (C=O) groups is 1. The van der Waals surface area contributed by atoms with Crippen LogP contribution in [-0.4, -0.2) is 21.1 Å². The third-order valence-electron chi connectivity index (χ3n) is 3.62. The van der Waals surface area contributed by atoms with Crippen molar-refractivity contribution in [1.82, 2.24) is 15.2 Å². The van der Waals surface area contributed by atoms with Gasteiger partial charge in [0.15, 0.2) is 0 Å². The Morgan fingerprint density at radius 1 is 1.11 bits per heavy atom. The predicted molar refractivity (Wildman–Crippen MR) is 99.2 cm³/mol. The van der Waals surface area contributed by atoms with E-state index in [1.54, 1.807) is 6.92 Å². The lowest BCUT2D eigenvalue weighted by Gasteiger charge is -2.06. The van der Waals surface area contributed by atoms with E-state index in [9.17, 15) is 18.0 Å². The molecule has 0 fully saturated rings. The highest BCUT2D eigenvalue weighted by Gasteiger charge is 2.30. The molecule has 3 rings (SSSR count). The first kappa shape index (κ1) is 19.4. The van der Waals surface area contributed by atoms with Crippen LogP contribution in [0.3, 0.4) is 0 Å². The van der Waals surface area contributed by atoms with Gasteiger partial charge >= 0.3 is 6.18 Å². The fourth-order valence-electron chi connectivity index (χ4n) is 2.20. The molecular weight excluding hydrogens is 397 g/mol. The number of alkyl halides is 3. The van der Waals surface area contributed by atoms with E-state index in [-0.39, 0.29) is 11.8 Å². The summed E-state index contributed by atoms with van der Waals surface area (Å²) in [5.41, 5.74) is 0.295. The molecule has 27 heavy (non-hydrogen) atoms. The zero-order chi connectivity index (χ0) is 19.8. The second-order valence-electron chi connectivity index (χ2n) is 6.06. The number of thiazole rings is 1. The average molecular weight is 412 g/mol. The van der Waals surface area contributed by atoms with Gasteiger partial charge in [0, 0.05) is 11.5 Å². The number of rotatable bonds is 4. The van der Waals surface area contributed by atoms with E-state index < -0.39 is 11.7 Å². The van der Waals surface area contributed by atoms with Crippen LogP contribution in [-0.2, 0) is 6.18 Å². The molecule has 0 aliphatic rings. The predicted octanol–water partition coefficient (Wildman–Crippen LogP) is 5.36. The first-order valence-electron chi connectivity index (χ1n) is 7.95. The topological polar surface area (TPSA) is 67.8 Å². The Labute approximate surface area is 161 Å². The van der Waals surface area contributed by atoms with Crippen molar-refractivity contribution in [1.29, 1.82) is 0 Å². The summed E-state index contributed by atoms with van der Waals surface area (Å²) in [6.07, 6.45) is -4.39. The van der Waals surface area contributed by atoms with E-state index in [4.69, 9.17) is 0 Å². The molecule has 0 unspecified atom stereocenters. The third kappa shape index (κ3) is 4.33. The van der Waals surface area contributed by atoms with Gasteiger partial charge in [0.25, 0.3) is 5.91 Å². The molecule has 2 heterocycles. The van der Waals surface area contributed by atoms with Crippen LogP contribution >= 0.6 is 22.7 Å². The molecule has 0 spiro atoms. The fourth-order valence-corrected chi connectivity index (χ4v) is 3.91. The van der Waals surface area contributed by atoms with E-state index in [0.29, 0.717) is 26.3 Å². The van der Waals surface area contributed by atoms with Crippen molar-refractivity contribution in [2.75, 3.05) is 5.32 Å². The van der Waals surface area contributed by atoms with Crippen LogP contribution in [0.15, 0.2) is 24.3 Å². The van der Waals surface area contributed by atoms with Crippen LogP contribution in [0.25, 0.3) is 10.6 Å². The van der Waals surface area contributed by atoms with Crippen LogP contribution < -0.4 is 5.32 Å². The summed E-state index contributed by atoms with van der Waals surface area (Å²) < 4.78 is 38.0. The number of amides is 1. The largest absolute Gasteiger partial charge is 0.416 e. The summed E-state index contributed by atoms with van der Waals surface area (Å²) in [7, 11) is 0. The van der Waals surface area contributed by atoms with Crippen molar-refractivity contribution >= 4 is 33.7 Å². The van der Waals surface area contributed by atoms with Crippen LogP contribution in [0.5, 0.6) is 0 Å². The quantitative estimate of drug-likeness (QED) is 0.626. The van der Waals surface area contributed by atoms with Gasteiger partial charge in [-0.05, 0) is 19.1 Å². The molecule has 0 atom stereocenters. The maximum Gasteiger partial charge on any atom is 0.416 e. The third-order valence-corrected chi connectivity index (χ3v) is 5.96. The first-order valence-corrected chi connectivity index (χ1v) is 9.58. The second-order valence-corrected chi connectivity index (χ2v) is 8.07. The Morgan fingerprint density at radius 2 is 1.78 bits per heavy atom. The van der Waals surface area contributed by atoms with Gasteiger partial charge < -0.3 is 0 Å². The second kappa shape index (κ2) is 7.35. The Balaban J connectivity index is 1.80. The minimum atomic E-state index is -4.39. The van der Waals surface area contributed by atoms with E-state index in [2.05, 4.69) is 20.5 Å². The molecule has 142 valence electrons. The van der Waals surface area contributed by atoms with Crippen molar-refractivity contribution in [2.24, 2.45) is 0 Å². The Kier molecular flexibility index (Phi) is 5.29. The van der Waals surface area contributed by atoms with Crippen molar-refractivity contribution in [3.05, 3.63) is 45.4 Å². The van der Waals surface area contributed by atoms with Crippen LogP contribution in [0.4, 0.5) is 18.3 Å². The van der Waals surface area contributed by atoms with E-state index in [1.807, 2.05) is 13.8 Å². The first-order chi connectivity index (χ1) is 12.6. The molecule has 0 aliphatic carbocycles. The minimum absolute atomic E-state index is 0.213. The minimum Gasteiger partial charge on any atom is -0.296 e. The molecule has 0 radical (unpaired) electrons. The van der Waals surface area contributed by atoms with E-state index >= 15 is 0 Å². The molecular formula is C17H15F3N4OS2. The lowest BCUT2D eigenvalue weighted by atomic mass is 10.1. The number of carbonyl (C=O) groups excluding carboxylic acids is 1. The number of aryl methyl sites for hydroxylation is 1. The SMILES string of the molecule is Cc1nc(-c2ccc(C(F)(F)F)cc2)sc1C(=O)Nc1nnc(C(C)C)s1. The summed E-state index contributed by atoms with van der Waals surface area (Å²) in [5.74, 6) is -0.154. The lowest BCUT2D eigenvalue weighted by Crippen LogP contribution is -2.11. The van der Waals surface area contributed by atoms with Crippen LogP contribution in [0.2, 0.25) is 0 Å². The fraction of sp³-hybridized carbons (Fsp3) is 0.294. The van der Waals surface area contributed by atoms with Crippen molar-refractivity contribution in [2.45, 2.75) is 32.9 Å². The van der Waals surface area contributed by atoms with Gasteiger partial charge in [-0.25, -0.2) is 4.98 Å². The number of hydrogen-bond donors (Lipinski definition) is 1. The number of aromatic nitrogens is 3. The molecule has 0 saturated carbocycles. The molecule has 1 aromatic carbocycles. The molecule has 1 N–H and O–H groups in total. The summed E-state index contributed by atoms with van der Waals surface area (Å²) in [5, 5.41) is 12.3. The van der Waals surface area contributed by atoms with Gasteiger partial charge in [0.2, 0.25) is 5.13 Å². The number of halogens is 3. The molecule has 2 aromatic heterocycles. The molecule has 1 amide bonds. The molecule has 5 nitrogen and oxygen atoms in total. The van der Waals surface area contributed by atoms with Crippen molar-refractivity contribution in [3.63, 3.8) is 0 Å². The molecule has 10 heteroatoms. The number of nitrogens with one attached hydrogen (secondary N) is 1. The lowest BCUT2D eigenvalue weighted by molar-refractivity contribution is -0.137. The van der Waals surface area contributed by atoms with Gasteiger partial charge in [-0.15, -0.1) is 21.5 Å². The summed E-state index contributed by atoms with van der Waals surface area (Å²) in [6.45, 7) is 5.64. The van der Waals surface area contributed by atoms with E-state index in [1.165, 1.54) is 23.5 Å². The standard InChI is InChI=1S/C17H15F3N4OS2/c1-8(2)14-23-24-16(27-14)22-13(25)12-9(3)21-15(26-12)10-4-6-11(7-5-10)17(18,19)20/h4-8H,1-3H3,(H,22,24,25). The highest BCUT2D eigenvalue weighted by atomic mass is 32.1. The zero-order valence-electron chi connectivity index (χ0n) is 14.6. The Morgan fingerprint density at radius 3 is 2.33 bits per heavy atom. The van der Waals surface area contributed by atoms with Crippen LogP contribution in [0, 0.1) is 6.92 Å². The van der Waals surface area contributed by atoms with Gasteiger partial charge in [0.05, 0.1) is 11.3 Å². The highest BCUT2D eigenvalue weighted by Crippen LogP contribution is 2.33. The molecule has 0 bridgehead atoms. The van der Waals surface area contributed by atoms with E-state index in [0.717, 1.165) is 28.5 Å². The molecule has 0 aliphatic heterocycles. The van der Waals surface area contributed by atoms with Crippen molar-refractivity contribution in [3.8, 4) is 10.6 Å². The number of nitrogens with zero attached hydrogens (tertiary/aromatic N) is 3. The normalized spacial score (nSPS) is 11.8. The number of hydrogen-bond acceptors (Lipinski definition) is 6. The Bertz CT molecular complexity index is 961. The summed E-state index contributed by atoms with van der Waals surface area (Å²) in [4.78, 5) is 17.2.